The van der Waals surface area contributed by atoms with Crippen molar-refractivity contribution >= 4 is 5.91 Å². The summed E-state index contributed by atoms with van der Waals surface area (Å²) in [5.41, 5.74) is 2.69. The molecule has 0 aromatic heterocycles. The molecule has 0 radical (unpaired) electrons. The molecule has 1 N–H and O–H groups in total. The van der Waals surface area contributed by atoms with E-state index in [0.717, 1.165) is 32.5 Å². The zero-order valence-electron chi connectivity index (χ0n) is 12.0. The molecule has 1 aromatic rings. The molecule has 0 bridgehead atoms. The second-order valence-corrected chi connectivity index (χ2v) is 5.79. The molecule has 106 valence electrons. The van der Waals surface area contributed by atoms with Gasteiger partial charge in [-0.25, -0.2) is 0 Å². The summed E-state index contributed by atoms with van der Waals surface area (Å²) in [4.78, 5) is 14.8. The fourth-order valence-electron chi connectivity index (χ4n) is 3.16. The van der Waals surface area contributed by atoms with Crippen LogP contribution >= 0.6 is 0 Å². The van der Waals surface area contributed by atoms with Crippen LogP contribution in [-0.2, 0) is 17.8 Å². The Labute approximate surface area is 120 Å². The summed E-state index contributed by atoms with van der Waals surface area (Å²) in [6.07, 6.45) is 6.09. The number of hydrogen-bond donors (Lipinski definition) is 1. The molecule has 20 heavy (non-hydrogen) atoms. The van der Waals surface area contributed by atoms with Crippen molar-refractivity contribution in [1.29, 1.82) is 0 Å². The summed E-state index contributed by atoms with van der Waals surface area (Å²) in [7, 11) is 0. The number of amides is 1. The summed E-state index contributed by atoms with van der Waals surface area (Å²) in [5.74, 6) is 0.366. The summed E-state index contributed by atoms with van der Waals surface area (Å²) < 4.78 is 0. The Morgan fingerprint density at radius 3 is 2.90 bits per heavy atom. The van der Waals surface area contributed by atoms with E-state index in [2.05, 4.69) is 48.7 Å². The molecule has 0 unspecified atom stereocenters. The quantitative estimate of drug-likeness (QED) is 0.793. The van der Waals surface area contributed by atoms with Crippen molar-refractivity contribution in [3.05, 3.63) is 47.5 Å². The van der Waals surface area contributed by atoms with Crippen molar-refractivity contribution in [2.24, 2.45) is 5.92 Å². The third kappa shape index (κ3) is 2.63. The van der Waals surface area contributed by atoms with Crippen LogP contribution in [0.5, 0.6) is 0 Å². The summed E-state index contributed by atoms with van der Waals surface area (Å²) in [6, 6.07) is 8.71. The molecule has 1 amide bonds. The van der Waals surface area contributed by atoms with E-state index in [0.29, 0.717) is 5.91 Å². The molecule has 2 aliphatic heterocycles. The van der Waals surface area contributed by atoms with Crippen molar-refractivity contribution in [3.63, 3.8) is 0 Å². The molecule has 2 heterocycles. The van der Waals surface area contributed by atoms with Crippen LogP contribution in [0, 0.1) is 5.92 Å². The molecule has 0 aliphatic carbocycles. The number of nitrogens with one attached hydrogen (secondary N) is 1. The van der Waals surface area contributed by atoms with Gasteiger partial charge in [-0.2, -0.15) is 0 Å². The lowest BCUT2D eigenvalue weighted by Crippen LogP contribution is -2.46. The Balaban J connectivity index is 1.73. The minimum atomic E-state index is 0.0685. The molecule has 2 atom stereocenters. The smallest absolute Gasteiger partial charge is 0.227 e. The van der Waals surface area contributed by atoms with Gasteiger partial charge in [-0.3, -0.25) is 4.79 Å². The van der Waals surface area contributed by atoms with E-state index in [1.165, 1.54) is 11.1 Å². The van der Waals surface area contributed by atoms with Gasteiger partial charge in [0.15, 0.2) is 0 Å². The van der Waals surface area contributed by atoms with Gasteiger partial charge in [0.2, 0.25) is 5.91 Å². The number of carbonyl (C=O) groups excluding carboxylic acids is 1. The Bertz CT molecular complexity index is 523. The molecular weight excluding hydrogens is 248 g/mol. The van der Waals surface area contributed by atoms with E-state index >= 15 is 0 Å². The predicted molar refractivity (Wildman–Crippen MR) is 80.3 cm³/mol. The van der Waals surface area contributed by atoms with Crippen molar-refractivity contribution in [1.82, 2.24) is 10.2 Å². The standard InChI is InChI=1S/C17H22N2O/c1-13-16(8-4-5-10-18-13)17(20)19-11-9-14-6-2-3-7-15(14)12-19/h2-7,13,16,18H,8-12H2,1H3/t13-,16-/m1/s1. The van der Waals surface area contributed by atoms with Crippen molar-refractivity contribution < 1.29 is 4.79 Å². The lowest BCUT2D eigenvalue weighted by atomic mass is 9.93. The second-order valence-electron chi connectivity index (χ2n) is 5.79. The Hall–Kier alpha value is -1.61. The van der Waals surface area contributed by atoms with Gasteiger partial charge in [-0.1, -0.05) is 36.4 Å². The van der Waals surface area contributed by atoms with Crippen molar-refractivity contribution in [3.8, 4) is 0 Å². The highest BCUT2D eigenvalue weighted by Crippen LogP contribution is 2.23. The van der Waals surface area contributed by atoms with Crippen LogP contribution in [0.15, 0.2) is 36.4 Å². The number of carbonyl (C=O) groups is 1. The van der Waals surface area contributed by atoms with Crippen molar-refractivity contribution in [2.45, 2.75) is 32.4 Å². The SMILES string of the molecule is C[C@H]1NCC=CC[C@H]1C(=O)N1CCc2ccccc2C1. The summed E-state index contributed by atoms with van der Waals surface area (Å²) >= 11 is 0. The van der Waals surface area contributed by atoms with Crippen LogP contribution in [0.4, 0.5) is 0 Å². The molecule has 3 rings (SSSR count). The van der Waals surface area contributed by atoms with Crippen LogP contribution in [0.1, 0.15) is 24.5 Å². The first-order valence-corrected chi connectivity index (χ1v) is 7.49. The molecular formula is C17H22N2O. The number of hydrogen-bond acceptors (Lipinski definition) is 2. The number of nitrogens with zero attached hydrogens (tertiary/aromatic N) is 1. The lowest BCUT2D eigenvalue weighted by molar-refractivity contribution is -0.137. The number of rotatable bonds is 1. The van der Waals surface area contributed by atoms with E-state index in [1.54, 1.807) is 0 Å². The topological polar surface area (TPSA) is 32.3 Å². The van der Waals surface area contributed by atoms with Crippen LogP contribution in [0.3, 0.4) is 0 Å². The first-order chi connectivity index (χ1) is 9.75. The van der Waals surface area contributed by atoms with Gasteiger partial charge in [-0.05, 0) is 30.9 Å². The van der Waals surface area contributed by atoms with E-state index in [-0.39, 0.29) is 12.0 Å². The fourth-order valence-corrected chi connectivity index (χ4v) is 3.16. The maximum Gasteiger partial charge on any atom is 0.227 e. The van der Waals surface area contributed by atoms with Gasteiger partial charge >= 0.3 is 0 Å². The van der Waals surface area contributed by atoms with Gasteiger partial charge in [0.05, 0.1) is 5.92 Å². The van der Waals surface area contributed by atoms with Gasteiger partial charge in [0.25, 0.3) is 0 Å². The summed E-state index contributed by atoms with van der Waals surface area (Å²) in [6.45, 7) is 4.60. The van der Waals surface area contributed by atoms with E-state index < -0.39 is 0 Å². The normalized spacial score (nSPS) is 25.9. The van der Waals surface area contributed by atoms with Gasteiger partial charge in [-0.15, -0.1) is 0 Å². The van der Waals surface area contributed by atoms with E-state index in [9.17, 15) is 4.79 Å². The number of fused-ring (bicyclic) bond motifs is 1. The Kier molecular flexibility index (Phi) is 3.88. The lowest BCUT2D eigenvalue weighted by Gasteiger charge is -2.33. The van der Waals surface area contributed by atoms with Crippen LogP contribution < -0.4 is 5.32 Å². The van der Waals surface area contributed by atoms with Crippen LogP contribution in [0.25, 0.3) is 0 Å². The molecule has 3 nitrogen and oxygen atoms in total. The van der Waals surface area contributed by atoms with Gasteiger partial charge in [0.1, 0.15) is 0 Å². The van der Waals surface area contributed by atoms with Crippen LogP contribution in [-0.4, -0.2) is 29.9 Å². The van der Waals surface area contributed by atoms with E-state index in [4.69, 9.17) is 0 Å². The molecule has 0 saturated heterocycles. The van der Waals surface area contributed by atoms with Gasteiger partial charge in [0, 0.05) is 25.7 Å². The fraction of sp³-hybridized carbons (Fsp3) is 0.471. The molecule has 0 saturated carbocycles. The Morgan fingerprint density at radius 1 is 1.25 bits per heavy atom. The minimum absolute atomic E-state index is 0.0685. The highest BCUT2D eigenvalue weighted by Gasteiger charge is 2.30. The largest absolute Gasteiger partial charge is 0.338 e. The predicted octanol–water partition coefficient (Wildman–Crippen LogP) is 2.13. The first kappa shape index (κ1) is 13.4. The molecule has 3 heteroatoms. The first-order valence-electron chi connectivity index (χ1n) is 7.49. The average Bonchev–Trinajstić information content (AvgIpc) is 2.70. The zero-order valence-corrected chi connectivity index (χ0v) is 12.0. The number of benzene rings is 1. The minimum Gasteiger partial charge on any atom is -0.338 e. The summed E-state index contributed by atoms with van der Waals surface area (Å²) in [5, 5.41) is 3.40. The highest BCUT2D eigenvalue weighted by atomic mass is 16.2. The molecule has 0 spiro atoms. The maximum atomic E-state index is 12.8. The molecule has 1 aromatic carbocycles. The Morgan fingerprint density at radius 2 is 2.05 bits per heavy atom. The van der Waals surface area contributed by atoms with Crippen molar-refractivity contribution in [2.75, 3.05) is 13.1 Å². The third-order valence-electron chi connectivity index (χ3n) is 4.48. The number of allylic oxidation sites excluding steroid dienone is 1. The van der Waals surface area contributed by atoms with E-state index in [1.807, 2.05) is 4.90 Å². The molecule has 0 fully saturated rings. The third-order valence-corrected chi connectivity index (χ3v) is 4.48. The highest BCUT2D eigenvalue weighted by molar-refractivity contribution is 5.80. The van der Waals surface area contributed by atoms with Crippen LogP contribution in [0.2, 0.25) is 0 Å². The second kappa shape index (κ2) is 5.80. The maximum absolute atomic E-state index is 12.8. The monoisotopic (exact) mass is 270 g/mol. The van der Waals surface area contributed by atoms with Gasteiger partial charge < -0.3 is 10.2 Å². The average molecular weight is 270 g/mol. The molecule has 2 aliphatic rings. The zero-order chi connectivity index (χ0) is 13.9.